The lowest BCUT2D eigenvalue weighted by Gasteiger charge is -2.22. The number of ether oxygens (including phenoxy) is 1. The van der Waals surface area contributed by atoms with E-state index in [0.29, 0.717) is 29.4 Å². The molecule has 0 atom stereocenters. The largest absolute Gasteiger partial charge is 0.489 e. The molecular formula is C27H28N4O5S. The van der Waals surface area contributed by atoms with Crippen molar-refractivity contribution in [3.63, 3.8) is 0 Å². The van der Waals surface area contributed by atoms with Gasteiger partial charge in [0.25, 0.3) is 5.56 Å². The number of aromatic nitrogens is 2. The zero-order chi connectivity index (χ0) is 26.6. The molecule has 1 aromatic heterocycles. The molecule has 0 bridgehead atoms. The molecule has 37 heavy (non-hydrogen) atoms. The van der Waals surface area contributed by atoms with Crippen LogP contribution in [0.1, 0.15) is 11.3 Å². The van der Waals surface area contributed by atoms with Gasteiger partial charge in [0.1, 0.15) is 24.6 Å². The average molecular weight is 521 g/mol. The van der Waals surface area contributed by atoms with Crippen molar-refractivity contribution in [3.8, 4) is 11.4 Å². The van der Waals surface area contributed by atoms with E-state index in [-0.39, 0.29) is 5.69 Å². The third-order valence-corrected chi connectivity index (χ3v) is 7.02. The van der Waals surface area contributed by atoms with Crippen molar-refractivity contribution in [3.05, 3.63) is 107 Å². The van der Waals surface area contributed by atoms with Crippen LogP contribution < -0.4 is 19.9 Å². The topological polar surface area (TPSA) is 103 Å². The number of para-hydroxylation sites is 1. The molecule has 0 aliphatic heterocycles. The molecule has 1 amide bonds. The molecule has 0 saturated heterocycles. The summed E-state index contributed by atoms with van der Waals surface area (Å²) >= 11 is 0. The summed E-state index contributed by atoms with van der Waals surface area (Å²) in [7, 11) is -2.08. The fourth-order valence-corrected chi connectivity index (χ4v) is 4.73. The van der Waals surface area contributed by atoms with Crippen LogP contribution in [0.5, 0.6) is 5.75 Å². The number of hydrogen-bond acceptors (Lipinski definition) is 5. The molecule has 9 nitrogen and oxygen atoms in total. The fraction of sp³-hybridized carbons (Fsp3) is 0.185. The summed E-state index contributed by atoms with van der Waals surface area (Å²) in [5, 5.41) is 2.61. The Kier molecular flexibility index (Phi) is 7.49. The van der Waals surface area contributed by atoms with Crippen molar-refractivity contribution < 1.29 is 17.9 Å². The Balaban J connectivity index is 1.50. The molecule has 1 N–H and O–H groups in total. The standard InChI is InChI=1S/C27H28N4O5S/c1-20-26(27(33)31(29(20)2)23-12-8-5-9-13-23)28-25(32)18-30(37(3,34)35)22-14-16-24(17-15-22)36-19-21-10-6-4-7-11-21/h4-17H,18-19H2,1-3H3,(H,28,32). The summed E-state index contributed by atoms with van der Waals surface area (Å²) in [6.45, 7) is 1.58. The van der Waals surface area contributed by atoms with Gasteiger partial charge in [-0.3, -0.25) is 18.6 Å². The number of carbonyl (C=O) groups is 1. The highest BCUT2D eigenvalue weighted by molar-refractivity contribution is 7.92. The number of nitrogens with one attached hydrogen (secondary N) is 1. The SMILES string of the molecule is Cc1c(NC(=O)CN(c2ccc(OCc3ccccc3)cc2)S(C)(=O)=O)c(=O)n(-c2ccccc2)n1C. The Labute approximate surface area is 215 Å². The van der Waals surface area contributed by atoms with E-state index < -0.39 is 28.0 Å². The van der Waals surface area contributed by atoms with Gasteiger partial charge in [0, 0.05) is 7.05 Å². The highest BCUT2D eigenvalue weighted by Gasteiger charge is 2.24. The van der Waals surface area contributed by atoms with Gasteiger partial charge in [0.05, 0.1) is 23.3 Å². The Morgan fingerprint density at radius 3 is 2.14 bits per heavy atom. The Hall–Kier alpha value is -4.31. The molecule has 4 aromatic rings. The molecule has 0 saturated carbocycles. The number of benzene rings is 3. The predicted octanol–water partition coefficient (Wildman–Crippen LogP) is 3.47. The van der Waals surface area contributed by atoms with Crippen LogP contribution in [0.2, 0.25) is 0 Å². The van der Waals surface area contributed by atoms with Gasteiger partial charge in [-0.05, 0) is 48.9 Å². The molecule has 0 fully saturated rings. The smallest absolute Gasteiger partial charge is 0.295 e. The zero-order valence-electron chi connectivity index (χ0n) is 20.8. The van der Waals surface area contributed by atoms with Crippen LogP contribution in [0.25, 0.3) is 5.69 Å². The second-order valence-corrected chi connectivity index (χ2v) is 10.4. The van der Waals surface area contributed by atoms with Gasteiger partial charge in [0.2, 0.25) is 15.9 Å². The predicted molar refractivity (Wildman–Crippen MR) is 144 cm³/mol. The maximum Gasteiger partial charge on any atom is 0.295 e. The maximum absolute atomic E-state index is 13.1. The van der Waals surface area contributed by atoms with Gasteiger partial charge >= 0.3 is 0 Å². The first-order valence-corrected chi connectivity index (χ1v) is 13.4. The summed E-state index contributed by atoms with van der Waals surface area (Å²) in [5.74, 6) is -0.0762. The van der Waals surface area contributed by atoms with Crippen LogP contribution in [0.4, 0.5) is 11.4 Å². The van der Waals surface area contributed by atoms with Crippen LogP contribution >= 0.6 is 0 Å². The van der Waals surface area contributed by atoms with E-state index in [2.05, 4.69) is 5.32 Å². The van der Waals surface area contributed by atoms with Gasteiger partial charge in [-0.2, -0.15) is 0 Å². The van der Waals surface area contributed by atoms with E-state index in [0.717, 1.165) is 16.1 Å². The number of sulfonamides is 1. The van der Waals surface area contributed by atoms with E-state index in [1.807, 2.05) is 48.5 Å². The molecule has 10 heteroatoms. The zero-order valence-corrected chi connectivity index (χ0v) is 21.6. The van der Waals surface area contributed by atoms with Crippen LogP contribution in [-0.2, 0) is 28.5 Å². The first-order chi connectivity index (χ1) is 17.6. The summed E-state index contributed by atoms with van der Waals surface area (Å²) in [6, 6.07) is 25.1. The molecule has 3 aromatic carbocycles. The monoisotopic (exact) mass is 520 g/mol. The second kappa shape index (κ2) is 10.8. The highest BCUT2D eigenvalue weighted by Crippen LogP contribution is 2.23. The van der Waals surface area contributed by atoms with Crippen molar-refractivity contribution in [2.75, 3.05) is 22.4 Å². The maximum atomic E-state index is 13.1. The van der Waals surface area contributed by atoms with Crippen molar-refractivity contribution in [2.45, 2.75) is 13.5 Å². The lowest BCUT2D eigenvalue weighted by molar-refractivity contribution is -0.114. The van der Waals surface area contributed by atoms with Gasteiger partial charge in [0.15, 0.2) is 0 Å². The van der Waals surface area contributed by atoms with Crippen LogP contribution in [-0.4, -0.2) is 36.5 Å². The lowest BCUT2D eigenvalue weighted by Crippen LogP contribution is -2.38. The summed E-state index contributed by atoms with van der Waals surface area (Å²) in [5.41, 5.74) is 2.17. The Bertz CT molecular complexity index is 1540. The number of nitrogens with zero attached hydrogens (tertiary/aromatic N) is 3. The Morgan fingerprint density at radius 1 is 0.946 bits per heavy atom. The van der Waals surface area contributed by atoms with Gasteiger partial charge < -0.3 is 10.1 Å². The second-order valence-electron chi connectivity index (χ2n) is 8.52. The molecule has 0 spiro atoms. The molecule has 1 heterocycles. The number of carbonyl (C=O) groups excluding carboxylic acids is 1. The van der Waals surface area contributed by atoms with Crippen molar-refractivity contribution in [2.24, 2.45) is 7.05 Å². The fourth-order valence-electron chi connectivity index (χ4n) is 3.87. The molecule has 0 aliphatic rings. The summed E-state index contributed by atoms with van der Waals surface area (Å²) in [4.78, 5) is 26.0. The first kappa shape index (κ1) is 25.8. The lowest BCUT2D eigenvalue weighted by atomic mass is 10.2. The van der Waals surface area contributed by atoms with Crippen molar-refractivity contribution in [1.29, 1.82) is 0 Å². The molecular weight excluding hydrogens is 492 g/mol. The molecule has 4 rings (SSSR count). The number of amides is 1. The quantitative estimate of drug-likeness (QED) is 0.364. The van der Waals surface area contributed by atoms with Crippen LogP contribution in [0.15, 0.2) is 89.7 Å². The van der Waals surface area contributed by atoms with E-state index in [4.69, 9.17) is 4.74 Å². The van der Waals surface area contributed by atoms with E-state index in [1.54, 1.807) is 55.1 Å². The number of anilines is 2. The minimum absolute atomic E-state index is 0.0921. The van der Waals surface area contributed by atoms with Gasteiger partial charge in [-0.15, -0.1) is 0 Å². The average Bonchev–Trinajstić information content (AvgIpc) is 3.10. The number of hydrogen-bond donors (Lipinski definition) is 1. The van der Waals surface area contributed by atoms with Gasteiger partial charge in [-0.1, -0.05) is 48.5 Å². The van der Waals surface area contributed by atoms with Crippen LogP contribution in [0.3, 0.4) is 0 Å². The minimum Gasteiger partial charge on any atom is -0.489 e. The van der Waals surface area contributed by atoms with E-state index >= 15 is 0 Å². The van der Waals surface area contributed by atoms with Crippen molar-refractivity contribution >= 4 is 27.3 Å². The van der Waals surface area contributed by atoms with Gasteiger partial charge in [-0.25, -0.2) is 13.1 Å². The summed E-state index contributed by atoms with van der Waals surface area (Å²) < 4.78 is 34.9. The Morgan fingerprint density at radius 2 is 1.54 bits per heavy atom. The molecule has 192 valence electrons. The normalized spacial score (nSPS) is 11.2. The van der Waals surface area contributed by atoms with Crippen LogP contribution in [0, 0.1) is 6.92 Å². The minimum atomic E-state index is -3.80. The van der Waals surface area contributed by atoms with Crippen molar-refractivity contribution in [1.82, 2.24) is 9.36 Å². The molecule has 0 unspecified atom stereocenters. The van der Waals surface area contributed by atoms with E-state index in [1.165, 1.54) is 4.68 Å². The molecule has 0 aliphatic carbocycles. The van der Waals surface area contributed by atoms with E-state index in [9.17, 15) is 18.0 Å². The number of rotatable bonds is 9. The molecule has 0 radical (unpaired) electrons. The highest BCUT2D eigenvalue weighted by atomic mass is 32.2. The third kappa shape index (κ3) is 5.92. The first-order valence-electron chi connectivity index (χ1n) is 11.5. The third-order valence-electron chi connectivity index (χ3n) is 5.88. The summed E-state index contributed by atoms with van der Waals surface area (Å²) in [6.07, 6.45) is 1.02.